The van der Waals surface area contributed by atoms with Crippen molar-refractivity contribution in [1.82, 2.24) is 4.90 Å². The van der Waals surface area contributed by atoms with Crippen LogP contribution in [0.5, 0.6) is 0 Å². The van der Waals surface area contributed by atoms with Gasteiger partial charge >= 0.3 is 0 Å². The first-order valence-electron chi connectivity index (χ1n) is 7.52. The number of hydrogen-bond acceptors (Lipinski definition) is 3. The molecule has 24 heavy (non-hydrogen) atoms. The van der Waals surface area contributed by atoms with Gasteiger partial charge < -0.3 is 9.74 Å². The molecule has 0 aliphatic carbocycles. The predicted octanol–water partition coefficient (Wildman–Crippen LogP) is 3.74. The first-order valence-corrected chi connectivity index (χ1v) is 7.90. The number of oxime groups is 1. The molecule has 0 saturated heterocycles. The van der Waals surface area contributed by atoms with Gasteiger partial charge in [-0.3, -0.25) is 4.79 Å². The van der Waals surface area contributed by atoms with E-state index in [2.05, 4.69) is 5.16 Å². The van der Waals surface area contributed by atoms with Crippen molar-refractivity contribution in [2.45, 2.75) is 12.5 Å². The van der Waals surface area contributed by atoms with Gasteiger partial charge in [-0.15, -0.1) is 0 Å². The zero-order chi connectivity index (χ0) is 17.1. The van der Waals surface area contributed by atoms with E-state index in [4.69, 9.17) is 16.4 Å². The Kier molecular flexibility index (Phi) is 4.81. The largest absolute Gasteiger partial charge is 0.390 e. The number of nitrogens with zero attached hydrogens (tertiary/aromatic N) is 2. The number of likely N-dealkylation sites (N-methyl/N-ethyl adjacent to an activating group) is 1. The van der Waals surface area contributed by atoms with Crippen molar-refractivity contribution in [3.05, 3.63) is 70.5 Å². The average Bonchev–Trinajstić information content (AvgIpc) is 3.03. The van der Waals surface area contributed by atoms with Gasteiger partial charge in [0, 0.05) is 24.1 Å². The highest BCUT2D eigenvalue weighted by molar-refractivity contribution is 6.30. The normalized spacial score (nSPS) is 16.5. The summed E-state index contributed by atoms with van der Waals surface area (Å²) in [7, 11) is 1.66. The van der Waals surface area contributed by atoms with E-state index in [1.807, 2.05) is 12.1 Å². The topological polar surface area (TPSA) is 41.9 Å². The molecule has 1 aliphatic heterocycles. The van der Waals surface area contributed by atoms with Crippen LogP contribution < -0.4 is 0 Å². The van der Waals surface area contributed by atoms with E-state index in [9.17, 15) is 9.18 Å². The zero-order valence-corrected chi connectivity index (χ0v) is 13.8. The summed E-state index contributed by atoms with van der Waals surface area (Å²) in [6.45, 7) is 0.371. The van der Waals surface area contributed by atoms with Crippen LogP contribution in [-0.4, -0.2) is 36.2 Å². The number of benzene rings is 2. The van der Waals surface area contributed by atoms with Crippen molar-refractivity contribution in [3.63, 3.8) is 0 Å². The second kappa shape index (κ2) is 7.01. The van der Waals surface area contributed by atoms with Crippen LogP contribution in [0.2, 0.25) is 5.02 Å². The van der Waals surface area contributed by atoms with Gasteiger partial charge in [-0.1, -0.05) is 35.0 Å². The molecule has 1 atom stereocenters. The molecule has 3 rings (SSSR count). The van der Waals surface area contributed by atoms with Crippen LogP contribution >= 0.6 is 11.6 Å². The molecule has 1 heterocycles. The third-order valence-electron chi connectivity index (χ3n) is 3.81. The van der Waals surface area contributed by atoms with Gasteiger partial charge in [0.25, 0.3) is 5.91 Å². The SMILES string of the molecule is CN(C[C@@H]1CC(c2ccc(Cl)cc2)=NO1)C(=O)c1cccc(F)c1. The van der Waals surface area contributed by atoms with Crippen molar-refractivity contribution < 1.29 is 14.0 Å². The fraction of sp³-hybridized carbons (Fsp3) is 0.222. The number of amides is 1. The first-order chi connectivity index (χ1) is 11.5. The van der Waals surface area contributed by atoms with Crippen molar-refractivity contribution in [2.75, 3.05) is 13.6 Å². The van der Waals surface area contributed by atoms with Crippen molar-refractivity contribution >= 4 is 23.2 Å². The van der Waals surface area contributed by atoms with Gasteiger partial charge in [0.05, 0.1) is 12.3 Å². The fourth-order valence-electron chi connectivity index (χ4n) is 2.57. The lowest BCUT2D eigenvalue weighted by molar-refractivity contribution is 0.0482. The standard InChI is InChI=1S/C18H16ClFN2O2/c1-22(18(23)13-3-2-4-15(20)9-13)11-16-10-17(21-24-16)12-5-7-14(19)8-6-12/h2-9,16H,10-11H2,1H3/t16-/m0/s1. The molecule has 0 fully saturated rings. The lowest BCUT2D eigenvalue weighted by atomic mass is 10.0. The van der Waals surface area contributed by atoms with Crippen molar-refractivity contribution in [2.24, 2.45) is 5.16 Å². The molecule has 0 spiro atoms. The molecule has 2 aromatic carbocycles. The Morgan fingerprint density at radius 3 is 2.79 bits per heavy atom. The summed E-state index contributed by atoms with van der Waals surface area (Å²) < 4.78 is 13.2. The molecule has 0 bridgehead atoms. The van der Waals surface area contributed by atoms with E-state index in [1.54, 1.807) is 25.2 Å². The lowest BCUT2D eigenvalue weighted by Crippen LogP contribution is -2.34. The maximum Gasteiger partial charge on any atom is 0.253 e. The third kappa shape index (κ3) is 3.74. The Morgan fingerprint density at radius 1 is 1.33 bits per heavy atom. The van der Waals surface area contributed by atoms with Gasteiger partial charge in [-0.05, 0) is 35.9 Å². The van der Waals surface area contributed by atoms with E-state index in [-0.39, 0.29) is 12.0 Å². The van der Waals surface area contributed by atoms with E-state index in [1.165, 1.54) is 23.1 Å². The first kappa shape index (κ1) is 16.5. The fourth-order valence-corrected chi connectivity index (χ4v) is 2.70. The summed E-state index contributed by atoms with van der Waals surface area (Å²) in [5, 5.41) is 4.75. The number of carbonyl (C=O) groups is 1. The molecular formula is C18H16ClFN2O2. The second-order valence-corrected chi connectivity index (χ2v) is 6.11. The van der Waals surface area contributed by atoms with Gasteiger partial charge in [0.2, 0.25) is 0 Å². The van der Waals surface area contributed by atoms with Crippen LogP contribution in [0.15, 0.2) is 53.7 Å². The molecule has 1 amide bonds. The maximum absolute atomic E-state index is 13.2. The summed E-state index contributed by atoms with van der Waals surface area (Å²) in [6.07, 6.45) is 0.376. The molecule has 2 aromatic rings. The highest BCUT2D eigenvalue weighted by Crippen LogP contribution is 2.19. The molecule has 124 valence electrons. The second-order valence-electron chi connectivity index (χ2n) is 5.67. The summed E-state index contributed by atoms with van der Waals surface area (Å²) in [6, 6.07) is 13.0. The van der Waals surface area contributed by atoms with Crippen LogP contribution in [0.1, 0.15) is 22.3 Å². The minimum atomic E-state index is -0.431. The molecule has 0 N–H and O–H groups in total. The van der Waals surface area contributed by atoms with Crippen LogP contribution in [0, 0.1) is 5.82 Å². The molecule has 0 radical (unpaired) electrons. The Morgan fingerprint density at radius 2 is 2.08 bits per heavy atom. The number of hydrogen-bond donors (Lipinski definition) is 0. The minimum absolute atomic E-state index is 0.224. The van der Waals surface area contributed by atoms with Crippen LogP contribution in [0.25, 0.3) is 0 Å². The molecule has 6 heteroatoms. The summed E-state index contributed by atoms with van der Waals surface area (Å²) >= 11 is 5.88. The average molecular weight is 347 g/mol. The van der Waals surface area contributed by atoms with E-state index in [0.717, 1.165) is 11.3 Å². The number of rotatable bonds is 4. The van der Waals surface area contributed by atoms with Crippen LogP contribution in [-0.2, 0) is 4.84 Å². The van der Waals surface area contributed by atoms with E-state index < -0.39 is 5.82 Å². The van der Waals surface area contributed by atoms with Gasteiger partial charge in [0.1, 0.15) is 5.82 Å². The predicted molar refractivity (Wildman–Crippen MR) is 90.8 cm³/mol. The van der Waals surface area contributed by atoms with Crippen molar-refractivity contribution in [1.29, 1.82) is 0 Å². The van der Waals surface area contributed by atoms with Crippen LogP contribution in [0.3, 0.4) is 0 Å². The van der Waals surface area contributed by atoms with Gasteiger partial charge in [0.15, 0.2) is 6.10 Å². The van der Waals surface area contributed by atoms with Crippen molar-refractivity contribution in [3.8, 4) is 0 Å². The number of halogens is 2. The Balaban J connectivity index is 1.59. The lowest BCUT2D eigenvalue weighted by Gasteiger charge is -2.20. The smallest absolute Gasteiger partial charge is 0.253 e. The van der Waals surface area contributed by atoms with Gasteiger partial charge in [-0.25, -0.2) is 4.39 Å². The minimum Gasteiger partial charge on any atom is -0.390 e. The molecule has 4 nitrogen and oxygen atoms in total. The zero-order valence-electron chi connectivity index (χ0n) is 13.1. The molecule has 0 saturated carbocycles. The highest BCUT2D eigenvalue weighted by Gasteiger charge is 2.25. The monoisotopic (exact) mass is 346 g/mol. The number of carbonyl (C=O) groups excluding carboxylic acids is 1. The summed E-state index contributed by atoms with van der Waals surface area (Å²) in [4.78, 5) is 19.3. The molecule has 0 unspecified atom stereocenters. The Hall–Kier alpha value is -2.40. The van der Waals surface area contributed by atoms with E-state index in [0.29, 0.717) is 23.6 Å². The summed E-state index contributed by atoms with van der Waals surface area (Å²) in [5.74, 6) is -0.683. The maximum atomic E-state index is 13.2. The molecule has 0 aromatic heterocycles. The quantitative estimate of drug-likeness (QED) is 0.846. The highest BCUT2D eigenvalue weighted by atomic mass is 35.5. The van der Waals surface area contributed by atoms with Crippen LogP contribution in [0.4, 0.5) is 4.39 Å². The third-order valence-corrected chi connectivity index (χ3v) is 4.06. The molecular weight excluding hydrogens is 331 g/mol. The van der Waals surface area contributed by atoms with E-state index >= 15 is 0 Å². The Labute approximate surface area is 144 Å². The molecule has 1 aliphatic rings. The Bertz CT molecular complexity index is 777. The van der Waals surface area contributed by atoms with Gasteiger partial charge in [-0.2, -0.15) is 0 Å². The summed E-state index contributed by atoms with van der Waals surface area (Å²) in [5.41, 5.74) is 2.08.